The van der Waals surface area contributed by atoms with Gasteiger partial charge in [-0.15, -0.1) is 0 Å². The molecule has 1 aliphatic carbocycles. The van der Waals surface area contributed by atoms with Gasteiger partial charge < -0.3 is 9.47 Å². The molecule has 1 saturated heterocycles. The molecule has 1 aliphatic heterocycles. The molecule has 0 aromatic carbocycles. The number of nitrogens with zero attached hydrogens (tertiary/aromatic N) is 1. The standard InChI is InChI=1S/C14H25NO5S/c1-3-15(9-11-7-8-20-10-11)21(17,18)13-6-4-5-12(13)14(16)19-2/h11-13H,3-10H2,1-2H3. The Labute approximate surface area is 126 Å². The Balaban J connectivity index is 2.11. The zero-order valence-electron chi connectivity index (χ0n) is 12.8. The van der Waals surface area contributed by atoms with Crippen LogP contribution in [-0.4, -0.2) is 57.4 Å². The second kappa shape index (κ2) is 7.07. The molecule has 7 heteroatoms. The molecule has 3 unspecified atom stereocenters. The third-order valence-electron chi connectivity index (χ3n) is 4.54. The number of hydrogen-bond acceptors (Lipinski definition) is 5. The molecule has 2 aliphatic rings. The molecule has 0 spiro atoms. The van der Waals surface area contributed by atoms with Crippen LogP contribution in [0.3, 0.4) is 0 Å². The smallest absolute Gasteiger partial charge is 0.310 e. The van der Waals surface area contributed by atoms with E-state index in [1.807, 2.05) is 6.92 Å². The second-order valence-corrected chi connectivity index (χ2v) is 7.98. The fourth-order valence-electron chi connectivity index (χ4n) is 3.32. The Kier molecular flexibility index (Phi) is 5.62. The average Bonchev–Trinajstić information content (AvgIpc) is 3.14. The molecular formula is C14H25NO5S. The van der Waals surface area contributed by atoms with E-state index in [1.54, 1.807) is 0 Å². The van der Waals surface area contributed by atoms with Crippen molar-refractivity contribution in [2.45, 2.75) is 37.9 Å². The van der Waals surface area contributed by atoms with Crippen molar-refractivity contribution in [1.82, 2.24) is 4.31 Å². The molecule has 2 fully saturated rings. The highest BCUT2D eigenvalue weighted by Crippen LogP contribution is 2.34. The molecular weight excluding hydrogens is 294 g/mol. The molecule has 3 atom stereocenters. The predicted molar refractivity (Wildman–Crippen MR) is 78.2 cm³/mol. The first kappa shape index (κ1) is 16.7. The van der Waals surface area contributed by atoms with Gasteiger partial charge >= 0.3 is 5.97 Å². The van der Waals surface area contributed by atoms with Crippen LogP contribution in [0.15, 0.2) is 0 Å². The van der Waals surface area contributed by atoms with E-state index in [-0.39, 0.29) is 5.92 Å². The predicted octanol–water partition coefficient (Wildman–Crippen LogP) is 1.02. The number of sulfonamides is 1. The number of methoxy groups -OCH3 is 1. The van der Waals surface area contributed by atoms with E-state index in [2.05, 4.69) is 0 Å². The van der Waals surface area contributed by atoms with Crippen molar-refractivity contribution >= 4 is 16.0 Å². The maximum absolute atomic E-state index is 12.9. The Hall–Kier alpha value is -0.660. The lowest BCUT2D eigenvalue weighted by Gasteiger charge is -2.28. The maximum atomic E-state index is 12.9. The van der Waals surface area contributed by atoms with Gasteiger partial charge in [-0.1, -0.05) is 13.3 Å². The van der Waals surface area contributed by atoms with Crippen LogP contribution in [0.4, 0.5) is 0 Å². The molecule has 0 bridgehead atoms. The van der Waals surface area contributed by atoms with E-state index in [9.17, 15) is 13.2 Å². The fourth-order valence-corrected chi connectivity index (χ4v) is 5.61. The summed E-state index contributed by atoms with van der Waals surface area (Å²) in [7, 11) is -2.15. The van der Waals surface area contributed by atoms with E-state index in [4.69, 9.17) is 9.47 Å². The van der Waals surface area contributed by atoms with Crippen LogP contribution in [-0.2, 0) is 24.3 Å². The summed E-state index contributed by atoms with van der Waals surface area (Å²) in [5, 5.41) is -0.632. The van der Waals surface area contributed by atoms with Crippen LogP contribution in [0.1, 0.15) is 32.6 Å². The fraction of sp³-hybridized carbons (Fsp3) is 0.929. The van der Waals surface area contributed by atoms with Crippen LogP contribution in [0.2, 0.25) is 0 Å². The van der Waals surface area contributed by atoms with Crippen LogP contribution in [0.25, 0.3) is 0 Å². The van der Waals surface area contributed by atoms with Crippen molar-refractivity contribution in [3.05, 3.63) is 0 Å². The first-order chi connectivity index (χ1) is 10.0. The number of carbonyl (C=O) groups excluding carboxylic acids is 1. The summed E-state index contributed by atoms with van der Waals surface area (Å²) >= 11 is 0. The number of rotatable bonds is 6. The molecule has 0 N–H and O–H groups in total. The lowest BCUT2D eigenvalue weighted by molar-refractivity contribution is -0.145. The molecule has 122 valence electrons. The lowest BCUT2D eigenvalue weighted by atomic mass is 10.1. The van der Waals surface area contributed by atoms with Crippen LogP contribution < -0.4 is 0 Å². The maximum Gasteiger partial charge on any atom is 0.310 e. The number of esters is 1. The zero-order valence-corrected chi connectivity index (χ0v) is 13.6. The number of carbonyl (C=O) groups is 1. The van der Waals surface area contributed by atoms with Crippen LogP contribution >= 0.6 is 0 Å². The van der Waals surface area contributed by atoms with Crippen molar-refractivity contribution < 1.29 is 22.7 Å². The Morgan fingerprint density at radius 3 is 2.67 bits per heavy atom. The van der Waals surface area contributed by atoms with Crippen LogP contribution in [0, 0.1) is 11.8 Å². The summed E-state index contributed by atoms with van der Waals surface area (Å²) in [4.78, 5) is 11.8. The quantitative estimate of drug-likeness (QED) is 0.683. The average molecular weight is 319 g/mol. The molecule has 0 aromatic heterocycles. The molecule has 21 heavy (non-hydrogen) atoms. The highest BCUT2D eigenvalue weighted by Gasteiger charge is 2.44. The van der Waals surface area contributed by atoms with Crippen molar-refractivity contribution in [3.63, 3.8) is 0 Å². The van der Waals surface area contributed by atoms with E-state index in [1.165, 1.54) is 11.4 Å². The van der Waals surface area contributed by atoms with Gasteiger partial charge in [0.2, 0.25) is 10.0 Å². The highest BCUT2D eigenvalue weighted by atomic mass is 32.2. The van der Waals surface area contributed by atoms with Gasteiger partial charge in [0.25, 0.3) is 0 Å². The van der Waals surface area contributed by atoms with Gasteiger partial charge in [-0.3, -0.25) is 4.79 Å². The third-order valence-corrected chi connectivity index (χ3v) is 6.99. The SMILES string of the molecule is CCN(CC1CCOC1)S(=O)(=O)C1CCCC1C(=O)OC. The van der Waals surface area contributed by atoms with Crippen molar-refractivity contribution in [1.29, 1.82) is 0 Å². The second-order valence-electron chi connectivity index (χ2n) is 5.82. The van der Waals surface area contributed by atoms with Crippen molar-refractivity contribution in [2.75, 3.05) is 33.4 Å². The Bertz CT molecular complexity index is 458. The summed E-state index contributed by atoms with van der Waals surface area (Å²) in [5.41, 5.74) is 0. The van der Waals surface area contributed by atoms with Gasteiger partial charge in [0.15, 0.2) is 0 Å². The van der Waals surface area contributed by atoms with E-state index in [0.29, 0.717) is 39.1 Å². The van der Waals surface area contributed by atoms with Gasteiger partial charge in [-0.25, -0.2) is 12.7 Å². The minimum Gasteiger partial charge on any atom is -0.469 e. The Morgan fingerprint density at radius 2 is 2.10 bits per heavy atom. The van der Waals surface area contributed by atoms with Crippen LogP contribution in [0.5, 0.6) is 0 Å². The molecule has 0 radical (unpaired) electrons. The molecule has 1 saturated carbocycles. The summed E-state index contributed by atoms with van der Waals surface area (Å²) in [5.74, 6) is -0.659. The van der Waals surface area contributed by atoms with E-state index in [0.717, 1.165) is 12.8 Å². The molecule has 6 nitrogen and oxygen atoms in total. The molecule has 0 aromatic rings. The minimum absolute atomic E-state index is 0.262. The van der Waals surface area contributed by atoms with Gasteiger partial charge in [0, 0.05) is 19.7 Å². The summed E-state index contributed by atoms with van der Waals surface area (Å²) in [6, 6.07) is 0. The molecule has 1 heterocycles. The summed E-state index contributed by atoms with van der Waals surface area (Å²) in [6.45, 7) is 4.09. The van der Waals surface area contributed by atoms with E-state index < -0.39 is 27.2 Å². The van der Waals surface area contributed by atoms with Crippen molar-refractivity contribution in [3.8, 4) is 0 Å². The monoisotopic (exact) mass is 319 g/mol. The largest absolute Gasteiger partial charge is 0.469 e. The summed E-state index contributed by atoms with van der Waals surface area (Å²) in [6.07, 6.45) is 2.80. The Morgan fingerprint density at radius 1 is 1.33 bits per heavy atom. The molecule has 2 rings (SSSR count). The first-order valence-electron chi connectivity index (χ1n) is 7.65. The summed E-state index contributed by atoms with van der Waals surface area (Å²) < 4.78 is 37.3. The first-order valence-corrected chi connectivity index (χ1v) is 9.15. The highest BCUT2D eigenvalue weighted by molar-refractivity contribution is 7.89. The minimum atomic E-state index is -3.47. The number of hydrogen-bond donors (Lipinski definition) is 0. The van der Waals surface area contributed by atoms with Gasteiger partial charge in [-0.05, 0) is 25.2 Å². The van der Waals surface area contributed by atoms with Gasteiger partial charge in [0.05, 0.1) is 24.9 Å². The van der Waals surface area contributed by atoms with Gasteiger partial charge in [-0.2, -0.15) is 0 Å². The van der Waals surface area contributed by atoms with Crippen molar-refractivity contribution in [2.24, 2.45) is 11.8 Å². The molecule has 0 amide bonds. The lowest BCUT2D eigenvalue weighted by Crippen LogP contribution is -2.44. The number of ether oxygens (including phenoxy) is 2. The zero-order chi connectivity index (χ0) is 15.5. The topological polar surface area (TPSA) is 72.9 Å². The van der Waals surface area contributed by atoms with Gasteiger partial charge in [0.1, 0.15) is 0 Å². The third kappa shape index (κ3) is 3.57. The van der Waals surface area contributed by atoms with E-state index >= 15 is 0 Å². The normalized spacial score (nSPS) is 30.0.